The number of nitrogens with zero attached hydrogens (tertiary/aromatic N) is 1. The highest BCUT2D eigenvalue weighted by Crippen LogP contribution is 2.33. The molecule has 170 valence electrons. The molecule has 30 heavy (non-hydrogen) atoms. The number of carbonyl (C=O) groups is 1. The van der Waals surface area contributed by atoms with Gasteiger partial charge >= 0.3 is 6.03 Å². The first-order valence-electron chi connectivity index (χ1n) is 11.2. The van der Waals surface area contributed by atoms with Crippen molar-refractivity contribution in [2.45, 2.75) is 57.2 Å². The second-order valence-corrected chi connectivity index (χ2v) is 14.9. The van der Waals surface area contributed by atoms with Crippen LogP contribution >= 0.6 is 0 Å². The van der Waals surface area contributed by atoms with Crippen LogP contribution in [-0.4, -0.2) is 71.8 Å². The number of carbonyl (C=O) groups excluding carboxylic acids is 1. The first kappa shape index (κ1) is 23.2. The molecule has 1 heterocycles. The molecule has 0 bridgehead atoms. The van der Waals surface area contributed by atoms with Gasteiger partial charge in [0.15, 0.2) is 0 Å². The molecule has 2 fully saturated rings. The molecular weight excluding hydrogens is 398 g/mol. The summed E-state index contributed by atoms with van der Waals surface area (Å²) in [7, 11) is -2.90. The van der Waals surface area contributed by atoms with Gasteiger partial charge in [-0.15, -0.1) is 0 Å². The highest BCUT2D eigenvalue weighted by molar-refractivity contribution is 8.16. The molecule has 1 aliphatic carbocycles. The smallest absolute Gasteiger partial charge is 0.317 e. The van der Waals surface area contributed by atoms with Gasteiger partial charge in [0.25, 0.3) is 0 Å². The Morgan fingerprint density at radius 2 is 1.90 bits per heavy atom. The number of benzene rings is 1. The molecule has 1 saturated carbocycles. The Kier molecular flexibility index (Phi) is 7.25. The van der Waals surface area contributed by atoms with Crippen LogP contribution < -0.4 is 10.0 Å². The molecule has 1 saturated heterocycles. The fourth-order valence-electron chi connectivity index (χ4n) is 4.58. The minimum Gasteiger partial charge on any atom is -0.376 e. The van der Waals surface area contributed by atoms with Crippen LogP contribution in [0, 0.1) is 5.92 Å². The lowest BCUT2D eigenvalue weighted by Crippen LogP contribution is -2.64. The second-order valence-electron chi connectivity index (χ2n) is 9.87. The van der Waals surface area contributed by atoms with Crippen molar-refractivity contribution in [3.05, 3.63) is 35.9 Å². The molecule has 0 spiro atoms. The summed E-state index contributed by atoms with van der Waals surface area (Å²) >= 11 is 0. The molecule has 2 aliphatic rings. The summed E-state index contributed by atoms with van der Waals surface area (Å²) in [5.74, 6) is 0.669. The van der Waals surface area contributed by atoms with Gasteiger partial charge in [-0.25, -0.2) is 4.79 Å². The zero-order valence-electron chi connectivity index (χ0n) is 18.9. The first-order chi connectivity index (χ1) is 14.1. The van der Waals surface area contributed by atoms with E-state index < -0.39 is 9.25 Å². The normalized spacial score (nSPS) is 28.3. The fourth-order valence-corrected chi connectivity index (χ4v) is 5.89. The van der Waals surface area contributed by atoms with E-state index in [0.717, 1.165) is 32.1 Å². The summed E-state index contributed by atoms with van der Waals surface area (Å²) in [6, 6.07) is 10.4. The van der Waals surface area contributed by atoms with Crippen molar-refractivity contribution in [2.75, 3.05) is 38.5 Å². The molecule has 7 heteroatoms. The Balaban J connectivity index is 1.57. The predicted octanol–water partition coefficient (Wildman–Crippen LogP) is 2.80. The van der Waals surface area contributed by atoms with Crippen LogP contribution in [0.5, 0.6) is 0 Å². The van der Waals surface area contributed by atoms with E-state index in [-0.39, 0.29) is 24.2 Å². The molecule has 3 rings (SSSR count). The van der Waals surface area contributed by atoms with E-state index in [1.54, 1.807) is 18.8 Å². The van der Waals surface area contributed by atoms with Crippen molar-refractivity contribution in [2.24, 2.45) is 5.92 Å². The van der Waals surface area contributed by atoms with Crippen molar-refractivity contribution >= 4 is 15.3 Å². The van der Waals surface area contributed by atoms with Gasteiger partial charge < -0.3 is 15.0 Å². The minimum absolute atomic E-state index is 0.0268. The Labute approximate surface area is 181 Å². The maximum Gasteiger partial charge on any atom is 0.317 e. The Morgan fingerprint density at radius 1 is 1.20 bits per heavy atom. The first-order valence-corrected chi connectivity index (χ1v) is 14.4. The van der Waals surface area contributed by atoms with Crippen molar-refractivity contribution in [3.8, 4) is 0 Å². The maximum absolute atomic E-state index is 13.0. The molecule has 1 aromatic rings. The van der Waals surface area contributed by atoms with E-state index in [2.05, 4.69) is 40.4 Å². The SMILES string of the molecule is CCNC(=O)N1CCCC(NS(C)(C)(C)=O)[C@@H]1CO[C@H]1C[C@H](Cc2ccccc2)C1. The summed E-state index contributed by atoms with van der Waals surface area (Å²) < 4.78 is 22.6. The van der Waals surface area contributed by atoms with Gasteiger partial charge in [0.1, 0.15) is 0 Å². The minimum atomic E-state index is -2.90. The summed E-state index contributed by atoms with van der Waals surface area (Å²) in [6.45, 7) is 3.72. The Hall–Kier alpha value is -1.44. The van der Waals surface area contributed by atoms with Crippen molar-refractivity contribution in [3.63, 3.8) is 0 Å². The lowest BCUT2D eigenvalue weighted by Gasteiger charge is -2.46. The van der Waals surface area contributed by atoms with E-state index in [4.69, 9.17) is 4.74 Å². The number of hydrogen-bond acceptors (Lipinski definition) is 3. The van der Waals surface area contributed by atoms with Crippen molar-refractivity contribution < 1.29 is 13.7 Å². The van der Waals surface area contributed by atoms with Crippen LogP contribution in [0.15, 0.2) is 30.3 Å². The third-order valence-corrected chi connectivity index (χ3v) is 7.09. The summed E-state index contributed by atoms with van der Waals surface area (Å²) in [5, 5.41) is 2.92. The Bertz CT molecular complexity index is 762. The van der Waals surface area contributed by atoms with Gasteiger partial charge in [-0.05, 0) is 50.5 Å². The number of urea groups is 1. The lowest BCUT2D eigenvalue weighted by molar-refractivity contribution is -0.0570. The zero-order chi connectivity index (χ0) is 21.8. The predicted molar refractivity (Wildman–Crippen MR) is 124 cm³/mol. The van der Waals surface area contributed by atoms with Gasteiger partial charge in [-0.3, -0.25) is 8.93 Å². The number of ether oxygens (including phenoxy) is 1. The van der Waals surface area contributed by atoms with E-state index in [9.17, 15) is 9.00 Å². The molecular formula is C23H39N3O3S. The third kappa shape index (κ3) is 6.79. The van der Waals surface area contributed by atoms with Crippen LogP contribution in [0.25, 0.3) is 0 Å². The average Bonchev–Trinajstić information content (AvgIpc) is 2.63. The number of nitrogens with one attached hydrogen (secondary N) is 2. The fraction of sp³-hybridized carbons (Fsp3) is 0.696. The molecule has 1 aromatic carbocycles. The van der Waals surface area contributed by atoms with Crippen LogP contribution in [0.2, 0.25) is 0 Å². The number of piperidine rings is 1. The molecule has 2 amide bonds. The largest absolute Gasteiger partial charge is 0.376 e. The summed E-state index contributed by atoms with van der Waals surface area (Å²) in [5.41, 5.74) is 1.38. The highest BCUT2D eigenvalue weighted by atomic mass is 32.3. The van der Waals surface area contributed by atoms with Gasteiger partial charge in [0, 0.05) is 37.9 Å². The molecule has 1 unspecified atom stereocenters. The molecule has 1 aliphatic heterocycles. The van der Waals surface area contributed by atoms with Crippen LogP contribution in [0.4, 0.5) is 4.79 Å². The molecule has 0 aromatic heterocycles. The summed E-state index contributed by atoms with van der Waals surface area (Å²) in [4.78, 5) is 14.5. The standard InChI is InChI=1S/C23H39N3O3S/c1-5-24-23(27)26-13-9-12-21(25-30(2,3,4)28)22(26)17-29-20-15-19(16-20)14-18-10-7-6-8-11-18/h6-8,10-11,19-22H,5,9,12-17H2,1-4H3,(H,24,27)(H,25,28)/t19-,20-,21?,22-/m0/s1. The maximum atomic E-state index is 13.0. The van der Waals surface area contributed by atoms with Gasteiger partial charge in [-0.1, -0.05) is 39.6 Å². The molecule has 2 N–H and O–H groups in total. The molecule has 0 radical (unpaired) electrons. The van der Waals surface area contributed by atoms with Crippen LogP contribution in [0.3, 0.4) is 0 Å². The second kappa shape index (κ2) is 9.37. The van der Waals surface area contributed by atoms with Crippen molar-refractivity contribution in [1.82, 2.24) is 14.9 Å². The van der Waals surface area contributed by atoms with E-state index >= 15 is 0 Å². The van der Waals surface area contributed by atoms with Gasteiger partial charge in [-0.2, -0.15) is 0 Å². The van der Waals surface area contributed by atoms with E-state index in [0.29, 0.717) is 25.6 Å². The van der Waals surface area contributed by atoms with E-state index in [1.807, 2.05) is 11.8 Å². The van der Waals surface area contributed by atoms with Crippen molar-refractivity contribution in [1.29, 1.82) is 0 Å². The number of rotatable bonds is 8. The third-order valence-electron chi connectivity index (χ3n) is 5.98. The molecule has 6 nitrogen and oxygen atoms in total. The monoisotopic (exact) mass is 437 g/mol. The molecule has 2 atom stereocenters. The summed E-state index contributed by atoms with van der Waals surface area (Å²) in [6.07, 6.45) is 10.6. The van der Waals surface area contributed by atoms with Crippen LogP contribution in [0.1, 0.15) is 38.2 Å². The number of likely N-dealkylation sites (tertiary alicyclic amines) is 1. The number of hydrogen-bond donors (Lipinski definition) is 2. The van der Waals surface area contributed by atoms with E-state index in [1.165, 1.54) is 5.56 Å². The number of amides is 2. The van der Waals surface area contributed by atoms with Gasteiger partial charge in [0.05, 0.1) is 18.8 Å². The quantitative estimate of drug-likeness (QED) is 0.657. The zero-order valence-corrected chi connectivity index (χ0v) is 19.7. The topological polar surface area (TPSA) is 70.7 Å². The van der Waals surface area contributed by atoms with Gasteiger partial charge in [0.2, 0.25) is 0 Å². The lowest BCUT2D eigenvalue weighted by atomic mass is 9.78. The highest BCUT2D eigenvalue weighted by Gasteiger charge is 2.39. The Morgan fingerprint density at radius 3 is 2.53 bits per heavy atom. The van der Waals surface area contributed by atoms with Crippen LogP contribution in [-0.2, 0) is 20.4 Å². The average molecular weight is 438 g/mol.